The van der Waals surface area contributed by atoms with Crippen molar-refractivity contribution in [2.45, 2.75) is 32.2 Å². The summed E-state index contributed by atoms with van der Waals surface area (Å²) in [5.41, 5.74) is 6.38. The Morgan fingerprint density at radius 2 is 2.19 bits per heavy atom. The molecule has 0 spiro atoms. The van der Waals surface area contributed by atoms with E-state index in [0.29, 0.717) is 0 Å². The number of pyridine rings is 2. The second-order valence-electron chi connectivity index (χ2n) is 7.33. The Morgan fingerprint density at radius 1 is 1.31 bits per heavy atom. The van der Waals surface area contributed by atoms with E-state index in [-0.39, 0.29) is 17.9 Å². The van der Waals surface area contributed by atoms with Gasteiger partial charge in [-0.15, -0.1) is 5.48 Å². The zero-order valence-corrected chi connectivity index (χ0v) is 14.5. The van der Waals surface area contributed by atoms with Gasteiger partial charge in [0, 0.05) is 18.6 Å². The first kappa shape index (κ1) is 15.5. The average molecular weight is 348 g/mol. The van der Waals surface area contributed by atoms with E-state index in [2.05, 4.69) is 20.8 Å². The molecule has 0 radical (unpaired) electrons. The van der Waals surface area contributed by atoms with Gasteiger partial charge in [0.05, 0.1) is 17.9 Å². The monoisotopic (exact) mass is 348 g/mol. The normalized spacial score (nSPS) is 28.8. The first-order valence-electron chi connectivity index (χ1n) is 8.98. The van der Waals surface area contributed by atoms with Crippen LogP contribution in [0, 0.1) is 18.3 Å². The maximum absolute atomic E-state index is 13.6. The molecule has 1 saturated heterocycles. The van der Waals surface area contributed by atoms with Crippen LogP contribution < -0.4 is 10.8 Å². The number of aryl methyl sites for hydroxylation is 1. The maximum Gasteiger partial charge on any atom is 0.240 e. The van der Waals surface area contributed by atoms with Crippen LogP contribution in [0.25, 0.3) is 0 Å². The summed E-state index contributed by atoms with van der Waals surface area (Å²) in [6.45, 7) is 1.97. The number of hydrogen-bond donors (Lipinski definition) is 2. The van der Waals surface area contributed by atoms with Gasteiger partial charge < -0.3 is 10.2 Å². The van der Waals surface area contributed by atoms with Crippen LogP contribution >= 0.6 is 0 Å². The standard InChI is InChI=1S/C20H20N4O2/c1-12-6-8-22-11-16(12)23-19(25)20-15-5-4-13(9-15)18(20)26-24-17(20)14-3-2-7-21-10-14/h2-3,6-8,10-11,15,17,24H,4-5,9H2,1H3,(H,23,25). The Hall–Kier alpha value is -2.73. The van der Waals surface area contributed by atoms with Crippen LogP contribution in [0.15, 0.2) is 54.3 Å². The van der Waals surface area contributed by atoms with Gasteiger partial charge in [0.2, 0.25) is 5.91 Å². The zero-order chi connectivity index (χ0) is 17.7. The number of allylic oxidation sites excluding steroid dienone is 1. The second-order valence-corrected chi connectivity index (χ2v) is 7.33. The summed E-state index contributed by atoms with van der Waals surface area (Å²) >= 11 is 0. The van der Waals surface area contributed by atoms with Crippen molar-refractivity contribution in [1.82, 2.24) is 15.4 Å². The molecule has 2 fully saturated rings. The Morgan fingerprint density at radius 3 is 3.00 bits per heavy atom. The third-order valence-electron chi connectivity index (χ3n) is 6.04. The highest BCUT2D eigenvalue weighted by atomic mass is 16.7. The number of carbonyl (C=O) groups is 1. The topological polar surface area (TPSA) is 76.1 Å². The first-order valence-corrected chi connectivity index (χ1v) is 8.98. The third-order valence-corrected chi connectivity index (χ3v) is 6.04. The van der Waals surface area contributed by atoms with Crippen molar-refractivity contribution < 1.29 is 9.63 Å². The van der Waals surface area contributed by atoms with E-state index >= 15 is 0 Å². The number of anilines is 1. The van der Waals surface area contributed by atoms with E-state index in [9.17, 15) is 4.79 Å². The molecule has 2 bridgehead atoms. The molecular weight excluding hydrogens is 328 g/mol. The van der Waals surface area contributed by atoms with E-state index in [1.165, 1.54) is 5.57 Å². The van der Waals surface area contributed by atoms with Crippen molar-refractivity contribution in [2.24, 2.45) is 11.3 Å². The van der Waals surface area contributed by atoms with Gasteiger partial charge in [-0.2, -0.15) is 0 Å². The summed E-state index contributed by atoms with van der Waals surface area (Å²) in [6, 6.07) is 5.55. The van der Waals surface area contributed by atoms with Gasteiger partial charge in [-0.25, -0.2) is 0 Å². The van der Waals surface area contributed by atoms with Crippen molar-refractivity contribution in [3.63, 3.8) is 0 Å². The summed E-state index contributed by atoms with van der Waals surface area (Å²) in [6.07, 6.45) is 9.95. The fraction of sp³-hybridized carbons (Fsp3) is 0.350. The number of hydrogen-bond acceptors (Lipinski definition) is 5. The summed E-state index contributed by atoms with van der Waals surface area (Å²) in [5.74, 6) is 1.04. The van der Waals surface area contributed by atoms with E-state index in [1.54, 1.807) is 18.6 Å². The van der Waals surface area contributed by atoms with Gasteiger partial charge in [0.25, 0.3) is 0 Å². The molecule has 26 heavy (non-hydrogen) atoms. The lowest BCUT2D eigenvalue weighted by Gasteiger charge is -2.35. The molecule has 6 nitrogen and oxygen atoms in total. The van der Waals surface area contributed by atoms with Crippen molar-refractivity contribution >= 4 is 11.6 Å². The maximum atomic E-state index is 13.6. The van der Waals surface area contributed by atoms with Crippen LogP contribution in [-0.4, -0.2) is 15.9 Å². The summed E-state index contributed by atoms with van der Waals surface area (Å²) in [4.78, 5) is 27.9. The van der Waals surface area contributed by atoms with Crippen molar-refractivity contribution in [3.8, 4) is 0 Å². The fourth-order valence-corrected chi connectivity index (χ4v) is 4.77. The van der Waals surface area contributed by atoms with Gasteiger partial charge in [0.15, 0.2) is 0 Å². The number of amides is 1. The molecule has 3 aliphatic rings. The Labute approximate surface area is 151 Å². The minimum atomic E-state index is -0.723. The number of nitrogens with zero attached hydrogens (tertiary/aromatic N) is 2. The molecule has 5 rings (SSSR count). The number of rotatable bonds is 3. The van der Waals surface area contributed by atoms with E-state index in [0.717, 1.165) is 41.8 Å². The average Bonchev–Trinajstić information content (AvgIpc) is 3.36. The largest absolute Gasteiger partial charge is 0.411 e. The molecular formula is C20H20N4O2. The molecule has 2 aliphatic carbocycles. The smallest absolute Gasteiger partial charge is 0.240 e. The lowest BCUT2D eigenvalue weighted by atomic mass is 9.67. The minimum absolute atomic E-state index is 0.0258. The molecule has 1 aliphatic heterocycles. The van der Waals surface area contributed by atoms with Crippen LogP contribution in [-0.2, 0) is 9.63 Å². The fourth-order valence-electron chi connectivity index (χ4n) is 4.77. The molecule has 1 amide bonds. The summed E-state index contributed by atoms with van der Waals surface area (Å²) in [5, 5.41) is 3.12. The molecule has 3 heterocycles. The van der Waals surface area contributed by atoms with Crippen LogP contribution in [0.3, 0.4) is 0 Å². The molecule has 132 valence electrons. The molecule has 6 heteroatoms. The number of carbonyl (C=O) groups excluding carboxylic acids is 1. The minimum Gasteiger partial charge on any atom is -0.411 e. The van der Waals surface area contributed by atoms with E-state index in [1.807, 2.05) is 31.3 Å². The van der Waals surface area contributed by atoms with E-state index in [4.69, 9.17) is 4.84 Å². The predicted octanol–water partition coefficient (Wildman–Crippen LogP) is 3.05. The third kappa shape index (κ3) is 1.99. The molecule has 0 aromatic carbocycles. The van der Waals surface area contributed by atoms with Crippen molar-refractivity contribution in [1.29, 1.82) is 0 Å². The summed E-state index contributed by atoms with van der Waals surface area (Å²) < 4.78 is 0. The van der Waals surface area contributed by atoms with E-state index < -0.39 is 5.41 Å². The highest BCUT2D eigenvalue weighted by molar-refractivity contribution is 5.99. The van der Waals surface area contributed by atoms with Crippen LogP contribution in [0.5, 0.6) is 0 Å². The number of fused-ring (bicyclic) bond motifs is 4. The Balaban J connectivity index is 1.60. The second kappa shape index (κ2) is 5.64. The zero-order valence-electron chi connectivity index (χ0n) is 14.5. The molecule has 3 atom stereocenters. The Kier molecular flexibility index (Phi) is 3.37. The van der Waals surface area contributed by atoms with Crippen molar-refractivity contribution in [2.75, 3.05) is 5.32 Å². The quantitative estimate of drug-likeness (QED) is 0.892. The van der Waals surface area contributed by atoms with Gasteiger partial charge in [-0.3, -0.25) is 14.8 Å². The highest BCUT2D eigenvalue weighted by Gasteiger charge is 2.66. The van der Waals surface area contributed by atoms with Gasteiger partial charge in [-0.05, 0) is 60.9 Å². The van der Waals surface area contributed by atoms with Gasteiger partial charge in [0.1, 0.15) is 11.2 Å². The van der Waals surface area contributed by atoms with Crippen LogP contribution in [0.2, 0.25) is 0 Å². The molecule has 2 aromatic rings. The van der Waals surface area contributed by atoms with Gasteiger partial charge >= 0.3 is 0 Å². The van der Waals surface area contributed by atoms with Crippen molar-refractivity contribution in [3.05, 3.63) is 65.4 Å². The molecule has 3 unspecified atom stereocenters. The lowest BCUT2D eigenvalue weighted by Crippen LogP contribution is -2.45. The first-order chi connectivity index (χ1) is 12.7. The Bertz CT molecular complexity index is 911. The summed E-state index contributed by atoms with van der Waals surface area (Å²) in [7, 11) is 0. The number of aromatic nitrogens is 2. The molecule has 2 aromatic heterocycles. The molecule has 2 N–H and O–H groups in total. The highest BCUT2D eigenvalue weighted by Crippen LogP contribution is 2.64. The SMILES string of the molecule is Cc1ccncc1NC(=O)C12C(=C3CCC1C3)ONC2c1cccnc1. The van der Waals surface area contributed by atoms with Crippen LogP contribution in [0.1, 0.15) is 36.4 Å². The lowest BCUT2D eigenvalue weighted by molar-refractivity contribution is -0.127. The number of nitrogens with one attached hydrogen (secondary N) is 2. The predicted molar refractivity (Wildman–Crippen MR) is 95.6 cm³/mol. The number of hydroxylamine groups is 1. The van der Waals surface area contributed by atoms with Crippen LogP contribution in [0.4, 0.5) is 5.69 Å². The molecule has 1 saturated carbocycles. The van der Waals surface area contributed by atoms with Gasteiger partial charge in [-0.1, -0.05) is 6.07 Å².